The Morgan fingerprint density at radius 2 is 2.00 bits per heavy atom. The maximum absolute atomic E-state index is 13.1. The zero-order valence-electron chi connectivity index (χ0n) is 14.0. The van der Waals surface area contributed by atoms with E-state index in [4.69, 9.17) is 0 Å². The highest BCUT2D eigenvalue weighted by Crippen LogP contribution is 2.19. The number of carbonyl (C=O) groups is 1. The average Bonchev–Trinajstić information content (AvgIpc) is 3.05. The molecule has 2 aromatic heterocycles. The van der Waals surface area contributed by atoms with Gasteiger partial charge in [0.15, 0.2) is 0 Å². The Morgan fingerprint density at radius 3 is 2.88 bits per heavy atom. The molecule has 1 aromatic carbocycles. The second-order valence-corrected chi connectivity index (χ2v) is 7.00. The van der Waals surface area contributed by atoms with Gasteiger partial charge in [-0.05, 0) is 18.6 Å². The first-order chi connectivity index (χ1) is 12.3. The Morgan fingerprint density at radius 1 is 1.08 bits per heavy atom. The summed E-state index contributed by atoms with van der Waals surface area (Å²) >= 11 is 1.63. The first-order valence-corrected chi connectivity index (χ1v) is 9.48. The van der Waals surface area contributed by atoms with Crippen molar-refractivity contribution in [3.05, 3.63) is 58.7 Å². The third kappa shape index (κ3) is 3.55. The number of benzene rings is 1. The van der Waals surface area contributed by atoms with Crippen LogP contribution in [0.4, 0.5) is 0 Å². The van der Waals surface area contributed by atoms with Crippen LogP contribution in [0.2, 0.25) is 0 Å². The number of thiazole rings is 1. The highest BCUT2D eigenvalue weighted by atomic mass is 32.1. The molecule has 1 aliphatic heterocycles. The third-order valence-electron chi connectivity index (χ3n) is 4.62. The smallest absolute Gasteiger partial charge is 0.254 e. The van der Waals surface area contributed by atoms with Crippen molar-refractivity contribution in [2.75, 3.05) is 26.2 Å². The minimum Gasteiger partial charge on any atom is -0.337 e. The first kappa shape index (κ1) is 16.2. The zero-order valence-corrected chi connectivity index (χ0v) is 14.8. The van der Waals surface area contributed by atoms with E-state index in [2.05, 4.69) is 20.2 Å². The SMILES string of the molecule is O=C(c1ccnc2ccccc12)N1CCCN(Cc2cscn2)CC1. The summed E-state index contributed by atoms with van der Waals surface area (Å²) in [7, 11) is 0. The Kier molecular flexibility index (Phi) is 4.72. The van der Waals surface area contributed by atoms with Crippen LogP contribution >= 0.6 is 11.3 Å². The fourth-order valence-corrected chi connectivity index (χ4v) is 3.88. The van der Waals surface area contributed by atoms with Crippen LogP contribution in [0.15, 0.2) is 47.4 Å². The number of nitrogens with zero attached hydrogens (tertiary/aromatic N) is 4. The predicted molar refractivity (Wildman–Crippen MR) is 99.7 cm³/mol. The van der Waals surface area contributed by atoms with Gasteiger partial charge in [0.2, 0.25) is 0 Å². The van der Waals surface area contributed by atoms with Gasteiger partial charge in [-0.2, -0.15) is 0 Å². The molecular weight excluding hydrogens is 332 g/mol. The number of aromatic nitrogens is 2. The highest BCUT2D eigenvalue weighted by molar-refractivity contribution is 7.07. The van der Waals surface area contributed by atoms with E-state index in [1.165, 1.54) is 0 Å². The quantitative estimate of drug-likeness (QED) is 0.727. The van der Waals surface area contributed by atoms with Crippen molar-refractivity contribution in [2.24, 2.45) is 0 Å². The molecule has 0 atom stereocenters. The largest absolute Gasteiger partial charge is 0.337 e. The van der Waals surface area contributed by atoms with Gasteiger partial charge in [-0.15, -0.1) is 11.3 Å². The molecule has 0 saturated carbocycles. The average molecular weight is 352 g/mol. The predicted octanol–water partition coefficient (Wildman–Crippen LogP) is 3.04. The summed E-state index contributed by atoms with van der Waals surface area (Å²) in [5, 5.41) is 3.02. The molecule has 1 fully saturated rings. The molecule has 0 aliphatic carbocycles. The molecule has 25 heavy (non-hydrogen) atoms. The molecule has 0 N–H and O–H groups in total. The minimum atomic E-state index is 0.106. The van der Waals surface area contributed by atoms with Crippen molar-refractivity contribution in [1.29, 1.82) is 0 Å². The lowest BCUT2D eigenvalue weighted by atomic mass is 10.1. The van der Waals surface area contributed by atoms with Crippen LogP contribution in [0.1, 0.15) is 22.5 Å². The van der Waals surface area contributed by atoms with E-state index in [1.54, 1.807) is 17.5 Å². The molecule has 0 bridgehead atoms. The van der Waals surface area contributed by atoms with E-state index in [0.29, 0.717) is 0 Å². The topological polar surface area (TPSA) is 49.3 Å². The van der Waals surface area contributed by atoms with Gasteiger partial charge in [-0.1, -0.05) is 18.2 Å². The van der Waals surface area contributed by atoms with E-state index in [0.717, 1.165) is 61.3 Å². The van der Waals surface area contributed by atoms with E-state index in [9.17, 15) is 4.79 Å². The lowest BCUT2D eigenvalue weighted by Gasteiger charge is -2.22. The molecule has 6 heteroatoms. The maximum Gasteiger partial charge on any atom is 0.254 e. The van der Waals surface area contributed by atoms with Crippen molar-refractivity contribution in [3.63, 3.8) is 0 Å². The number of pyridine rings is 1. The van der Waals surface area contributed by atoms with Crippen LogP contribution in [0.5, 0.6) is 0 Å². The van der Waals surface area contributed by atoms with Crippen molar-refractivity contribution >= 4 is 28.1 Å². The molecule has 0 radical (unpaired) electrons. The van der Waals surface area contributed by atoms with Gasteiger partial charge in [-0.25, -0.2) is 4.98 Å². The number of amides is 1. The van der Waals surface area contributed by atoms with Gasteiger partial charge < -0.3 is 4.90 Å². The van der Waals surface area contributed by atoms with Gasteiger partial charge in [0, 0.05) is 49.7 Å². The molecule has 1 aliphatic rings. The molecule has 3 heterocycles. The number of carbonyl (C=O) groups excluding carboxylic acids is 1. The van der Waals surface area contributed by atoms with Crippen molar-refractivity contribution < 1.29 is 4.79 Å². The summed E-state index contributed by atoms with van der Waals surface area (Å²) in [5.74, 6) is 0.106. The summed E-state index contributed by atoms with van der Waals surface area (Å²) in [6.45, 7) is 4.29. The minimum absolute atomic E-state index is 0.106. The molecule has 4 rings (SSSR count). The number of hydrogen-bond donors (Lipinski definition) is 0. The van der Waals surface area contributed by atoms with Crippen molar-refractivity contribution in [2.45, 2.75) is 13.0 Å². The van der Waals surface area contributed by atoms with Crippen molar-refractivity contribution in [1.82, 2.24) is 19.8 Å². The third-order valence-corrected chi connectivity index (χ3v) is 5.26. The summed E-state index contributed by atoms with van der Waals surface area (Å²) in [6.07, 6.45) is 2.71. The molecule has 3 aromatic rings. The molecule has 5 nitrogen and oxygen atoms in total. The normalized spacial score (nSPS) is 16.1. The van der Waals surface area contributed by atoms with Crippen LogP contribution in [-0.2, 0) is 6.54 Å². The monoisotopic (exact) mass is 352 g/mol. The molecule has 128 valence electrons. The molecular formula is C19H20N4OS. The summed E-state index contributed by atoms with van der Waals surface area (Å²) in [6, 6.07) is 9.67. The number of hydrogen-bond acceptors (Lipinski definition) is 5. The Balaban J connectivity index is 1.49. The summed E-state index contributed by atoms with van der Waals surface area (Å²) in [4.78, 5) is 26.1. The van der Waals surface area contributed by atoms with Gasteiger partial charge in [0.1, 0.15) is 0 Å². The number of para-hydroxylation sites is 1. The molecule has 1 amide bonds. The van der Waals surface area contributed by atoms with Crippen LogP contribution in [-0.4, -0.2) is 51.9 Å². The van der Waals surface area contributed by atoms with Gasteiger partial charge >= 0.3 is 0 Å². The zero-order chi connectivity index (χ0) is 17.1. The van der Waals surface area contributed by atoms with Gasteiger partial charge in [0.05, 0.1) is 22.3 Å². The van der Waals surface area contributed by atoms with E-state index >= 15 is 0 Å². The summed E-state index contributed by atoms with van der Waals surface area (Å²) in [5.41, 5.74) is 4.61. The second-order valence-electron chi connectivity index (χ2n) is 6.28. The number of rotatable bonds is 3. The van der Waals surface area contributed by atoms with Crippen molar-refractivity contribution in [3.8, 4) is 0 Å². The summed E-state index contributed by atoms with van der Waals surface area (Å²) < 4.78 is 0. The molecule has 1 saturated heterocycles. The van der Waals surface area contributed by atoms with Crippen LogP contribution in [0.25, 0.3) is 10.9 Å². The highest BCUT2D eigenvalue weighted by Gasteiger charge is 2.22. The van der Waals surface area contributed by atoms with Crippen LogP contribution in [0, 0.1) is 0 Å². The Labute approximate surface area is 150 Å². The fraction of sp³-hybridized carbons (Fsp3) is 0.316. The van der Waals surface area contributed by atoms with Gasteiger partial charge in [-0.3, -0.25) is 14.7 Å². The van der Waals surface area contributed by atoms with E-state index in [1.807, 2.05) is 40.7 Å². The second kappa shape index (κ2) is 7.29. The van der Waals surface area contributed by atoms with E-state index in [-0.39, 0.29) is 5.91 Å². The standard InChI is InChI=1S/C19H20N4OS/c24-19(17-6-7-20-18-5-2-1-4-16(17)18)23-9-3-8-22(10-11-23)12-15-13-25-14-21-15/h1-2,4-7,13-14H,3,8-12H2. The lowest BCUT2D eigenvalue weighted by molar-refractivity contribution is 0.0763. The van der Waals surface area contributed by atoms with Crippen LogP contribution in [0.3, 0.4) is 0 Å². The first-order valence-electron chi connectivity index (χ1n) is 8.54. The number of fused-ring (bicyclic) bond motifs is 1. The van der Waals surface area contributed by atoms with E-state index < -0.39 is 0 Å². The molecule has 0 spiro atoms. The van der Waals surface area contributed by atoms with Crippen LogP contribution < -0.4 is 0 Å². The lowest BCUT2D eigenvalue weighted by Crippen LogP contribution is -2.35. The maximum atomic E-state index is 13.1. The Bertz CT molecular complexity index is 860. The Hall–Kier alpha value is -2.31. The molecule has 0 unspecified atom stereocenters. The fourth-order valence-electron chi connectivity index (χ4n) is 3.33. The van der Waals surface area contributed by atoms with Gasteiger partial charge in [0.25, 0.3) is 5.91 Å².